The number of halogens is 2. The van der Waals surface area contributed by atoms with Gasteiger partial charge in [-0.15, -0.1) is 0 Å². The van der Waals surface area contributed by atoms with E-state index >= 15 is 0 Å². The molecule has 5 heteroatoms. The molecule has 2 nitrogen and oxygen atoms in total. The van der Waals surface area contributed by atoms with Gasteiger partial charge in [0.15, 0.2) is 10.8 Å². The lowest BCUT2D eigenvalue weighted by atomic mass is 10.6. The fourth-order valence-electron chi connectivity index (χ4n) is 0.529. The summed E-state index contributed by atoms with van der Waals surface area (Å²) in [6.45, 7) is 0. The molecule has 0 saturated heterocycles. The molecule has 1 rings (SSSR count). The molecule has 0 amide bonds. The van der Waals surface area contributed by atoms with Crippen molar-refractivity contribution in [2.45, 2.75) is 0 Å². The van der Waals surface area contributed by atoms with Crippen LogP contribution in [0.3, 0.4) is 0 Å². The van der Waals surface area contributed by atoms with Gasteiger partial charge in [-0.1, -0.05) is 22.9 Å². The quantitative estimate of drug-likeness (QED) is 0.806. The molecule has 0 aliphatic rings. The third kappa shape index (κ3) is 1.33. The van der Waals surface area contributed by atoms with Crippen LogP contribution in [0.1, 0.15) is 0 Å². The highest BCUT2D eigenvalue weighted by atomic mass is 127. The number of thiophene rings is 1. The summed E-state index contributed by atoms with van der Waals surface area (Å²) in [4.78, 5) is 0. The van der Waals surface area contributed by atoms with E-state index < -0.39 is 0 Å². The Kier molecular flexibility index (Phi) is 2.65. The number of ether oxygens (including phenoxy) is 1. The molecule has 0 unspecified atom stereocenters. The van der Waals surface area contributed by atoms with Crippen LogP contribution in [0.2, 0.25) is 4.34 Å². The Bertz CT molecular complexity index is 248. The first-order valence-electron chi connectivity index (χ1n) is 2.37. The Hall–Kier alpha value is 0.320. The van der Waals surface area contributed by atoms with Crippen LogP contribution in [0.5, 0.6) is 10.8 Å². The van der Waals surface area contributed by atoms with E-state index in [2.05, 4.69) is 0 Å². The van der Waals surface area contributed by atoms with Gasteiger partial charge in [0.1, 0.15) is 7.91 Å². The maximum atomic E-state index is 9.10. The van der Waals surface area contributed by atoms with Crippen molar-refractivity contribution < 1.29 is 9.84 Å². The van der Waals surface area contributed by atoms with Crippen LogP contribution < -0.4 is 4.74 Å². The Morgan fingerprint density at radius 3 is 2.50 bits per heavy atom. The van der Waals surface area contributed by atoms with E-state index in [9.17, 15) is 0 Å². The highest BCUT2D eigenvalue weighted by molar-refractivity contribution is 14.1. The Morgan fingerprint density at radius 2 is 2.30 bits per heavy atom. The molecule has 0 aliphatic heterocycles. The number of hydrogen-bond acceptors (Lipinski definition) is 3. The zero-order valence-corrected chi connectivity index (χ0v) is 8.75. The van der Waals surface area contributed by atoms with Crippen LogP contribution in [0.4, 0.5) is 0 Å². The van der Waals surface area contributed by atoms with Crippen molar-refractivity contribution >= 4 is 45.5 Å². The molecular formula is C5H4ClIO2S. The standard InChI is InChI=1S/C5H4ClIO2S/c1-9-3-2(7)5(8)10-4(3)6/h8H,1H3. The fourth-order valence-corrected chi connectivity index (χ4v) is 2.71. The van der Waals surface area contributed by atoms with Gasteiger partial charge in [-0.2, -0.15) is 0 Å². The van der Waals surface area contributed by atoms with Crippen LogP contribution >= 0.6 is 45.5 Å². The average molecular weight is 291 g/mol. The van der Waals surface area contributed by atoms with Gasteiger partial charge in [0.25, 0.3) is 0 Å². The summed E-state index contributed by atoms with van der Waals surface area (Å²) in [5, 5.41) is 9.31. The smallest absolute Gasteiger partial charge is 0.190 e. The highest BCUT2D eigenvalue weighted by Crippen LogP contribution is 2.44. The number of hydrogen-bond donors (Lipinski definition) is 1. The van der Waals surface area contributed by atoms with Crippen molar-refractivity contribution in [2.75, 3.05) is 7.11 Å². The molecule has 1 heterocycles. The minimum atomic E-state index is 0.211. The molecule has 0 aliphatic carbocycles. The van der Waals surface area contributed by atoms with Gasteiger partial charge in [-0.3, -0.25) is 0 Å². The second-order valence-corrected chi connectivity index (χ2v) is 4.21. The maximum Gasteiger partial charge on any atom is 0.190 e. The third-order valence-corrected chi connectivity index (χ3v) is 3.49. The van der Waals surface area contributed by atoms with Crippen LogP contribution in [0.15, 0.2) is 0 Å². The summed E-state index contributed by atoms with van der Waals surface area (Å²) >= 11 is 8.76. The SMILES string of the molecule is COc1c(Cl)sc(O)c1I. The molecule has 0 radical (unpaired) electrons. The van der Waals surface area contributed by atoms with Crippen LogP contribution in [-0.2, 0) is 0 Å². The molecule has 0 bridgehead atoms. The van der Waals surface area contributed by atoms with Gasteiger partial charge in [0, 0.05) is 0 Å². The summed E-state index contributed by atoms with van der Waals surface area (Å²) < 4.78 is 6.07. The van der Waals surface area contributed by atoms with Crippen molar-refractivity contribution in [3.05, 3.63) is 7.91 Å². The number of rotatable bonds is 1. The molecule has 1 aromatic heterocycles. The second-order valence-electron chi connectivity index (χ2n) is 1.53. The Balaban J connectivity index is 3.20. The fraction of sp³-hybridized carbons (Fsp3) is 0.200. The van der Waals surface area contributed by atoms with E-state index in [0.29, 0.717) is 13.7 Å². The minimum absolute atomic E-state index is 0.211. The number of aromatic hydroxyl groups is 1. The summed E-state index contributed by atoms with van der Waals surface area (Å²) in [7, 11) is 1.52. The van der Waals surface area contributed by atoms with Gasteiger partial charge < -0.3 is 9.84 Å². The summed E-state index contributed by atoms with van der Waals surface area (Å²) in [5.41, 5.74) is 0. The Labute approximate surface area is 80.9 Å². The molecule has 1 N–H and O–H groups in total. The van der Waals surface area contributed by atoms with E-state index in [4.69, 9.17) is 21.4 Å². The second kappa shape index (κ2) is 3.15. The molecule has 56 valence electrons. The average Bonchev–Trinajstić information content (AvgIpc) is 2.09. The molecule has 0 fully saturated rings. The first-order valence-corrected chi connectivity index (χ1v) is 4.65. The molecule has 0 spiro atoms. The van der Waals surface area contributed by atoms with Crippen LogP contribution in [0.25, 0.3) is 0 Å². The monoisotopic (exact) mass is 290 g/mol. The molecular weight excluding hydrogens is 286 g/mol. The molecule has 0 saturated carbocycles. The normalized spacial score (nSPS) is 9.90. The molecule has 10 heavy (non-hydrogen) atoms. The first-order chi connectivity index (χ1) is 4.66. The lowest BCUT2D eigenvalue weighted by molar-refractivity contribution is 0.409. The van der Waals surface area contributed by atoms with Gasteiger partial charge in [-0.25, -0.2) is 0 Å². The zero-order chi connectivity index (χ0) is 7.72. The van der Waals surface area contributed by atoms with E-state index in [1.807, 2.05) is 22.6 Å². The Morgan fingerprint density at radius 1 is 1.70 bits per heavy atom. The third-order valence-electron chi connectivity index (χ3n) is 0.956. The van der Waals surface area contributed by atoms with Gasteiger partial charge in [-0.05, 0) is 22.6 Å². The first kappa shape index (κ1) is 8.42. The van der Waals surface area contributed by atoms with E-state index in [1.54, 1.807) is 0 Å². The predicted octanol–water partition coefficient (Wildman–Crippen LogP) is 2.72. The van der Waals surface area contributed by atoms with E-state index in [-0.39, 0.29) is 5.06 Å². The van der Waals surface area contributed by atoms with Crippen LogP contribution in [-0.4, -0.2) is 12.2 Å². The lowest BCUT2D eigenvalue weighted by Gasteiger charge is -1.94. The van der Waals surface area contributed by atoms with Crippen molar-refractivity contribution in [3.8, 4) is 10.8 Å². The van der Waals surface area contributed by atoms with E-state index in [0.717, 1.165) is 11.3 Å². The maximum absolute atomic E-state index is 9.10. The predicted molar refractivity (Wildman–Crippen MR) is 50.3 cm³/mol. The van der Waals surface area contributed by atoms with Gasteiger partial charge in [0.05, 0.1) is 7.11 Å². The van der Waals surface area contributed by atoms with Crippen molar-refractivity contribution in [3.63, 3.8) is 0 Å². The van der Waals surface area contributed by atoms with Crippen molar-refractivity contribution in [2.24, 2.45) is 0 Å². The van der Waals surface area contributed by atoms with Crippen molar-refractivity contribution in [1.29, 1.82) is 0 Å². The zero-order valence-electron chi connectivity index (χ0n) is 5.02. The van der Waals surface area contributed by atoms with Crippen molar-refractivity contribution in [1.82, 2.24) is 0 Å². The largest absolute Gasteiger partial charge is 0.499 e. The summed E-state index contributed by atoms with van der Waals surface area (Å²) in [6, 6.07) is 0. The van der Waals surface area contributed by atoms with Crippen LogP contribution in [0, 0.1) is 3.57 Å². The van der Waals surface area contributed by atoms with Gasteiger partial charge in [0.2, 0.25) is 0 Å². The number of methoxy groups -OCH3 is 1. The molecule has 1 aromatic rings. The summed E-state index contributed by atoms with van der Waals surface area (Å²) in [6.07, 6.45) is 0. The van der Waals surface area contributed by atoms with Gasteiger partial charge >= 0.3 is 0 Å². The lowest BCUT2D eigenvalue weighted by Crippen LogP contribution is -1.81. The molecule has 0 atom stereocenters. The summed E-state index contributed by atoms with van der Waals surface area (Å²) in [5.74, 6) is 0.560. The molecule has 0 aromatic carbocycles. The van der Waals surface area contributed by atoms with E-state index in [1.165, 1.54) is 7.11 Å². The topological polar surface area (TPSA) is 29.5 Å². The minimum Gasteiger partial charge on any atom is -0.499 e. The highest BCUT2D eigenvalue weighted by Gasteiger charge is 2.13.